The van der Waals surface area contributed by atoms with Crippen LogP contribution >= 0.6 is 0 Å². The maximum Gasteiger partial charge on any atom is 0.148 e. The Labute approximate surface area is 359 Å². The van der Waals surface area contributed by atoms with Crippen LogP contribution in [0, 0.1) is 17.1 Å². The summed E-state index contributed by atoms with van der Waals surface area (Å²) in [6, 6.07) is 75.0. The molecule has 0 aliphatic carbocycles. The third-order valence-corrected chi connectivity index (χ3v) is 11.7. The Morgan fingerprint density at radius 1 is 0.403 bits per heavy atom. The number of anilines is 6. The van der Waals surface area contributed by atoms with Gasteiger partial charge in [0.1, 0.15) is 17.3 Å². The van der Waals surface area contributed by atoms with Gasteiger partial charge in [-0.05, 0) is 135 Å². The highest BCUT2D eigenvalue weighted by Crippen LogP contribution is 2.52. The van der Waals surface area contributed by atoms with E-state index >= 15 is 4.39 Å². The number of hydrogen-bond donors (Lipinski definition) is 0. The van der Waals surface area contributed by atoms with Gasteiger partial charge in [-0.2, -0.15) is 5.26 Å². The fraction of sp³-hybridized carbons (Fsp3) is 0. The monoisotopic (exact) mass is 797 g/mol. The van der Waals surface area contributed by atoms with Crippen molar-refractivity contribution >= 4 is 55.7 Å². The van der Waals surface area contributed by atoms with Gasteiger partial charge >= 0.3 is 0 Å². The largest absolute Gasteiger partial charge is 0.456 e. The first-order valence-electron chi connectivity index (χ1n) is 20.6. The van der Waals surface area contributed by atoms with E-state index in [1.807, 2.05) is 102 Å². The molecule has 10 aromatic rings. The van der Waals surface area contributed by atoms with E-state index in [1.165, 1.54) is 0 Å². The third-order valence-electron chi connectivity index (χ3n) is 11.7. The topological polar surface area (TPSA) is 39.5 Å². The first-order valence-corrected chi connectivity index (χ1v) is 20.6. The smallest absolute Gasteiger partial charge is 0.148 e. The Hall–Kier alpha value is -8.46. The number of hydrogen-bond acceptors (Lipinski definition) is 4. The fourth-order valence-electron chi connectivity index (χ4n) is 8.83. The summed E-state index contributed by atoms with van der Waals surface area (Å²) < 4.78 is 24.1. The van der Waals surface area contributed by atoms with Crippen molar-refractivity contribution in [2.75, 3.05) is 9.80 Å². The molecule has 0 bridgehead atoms. The van der Waals surface area contributed by atoms with Crippen LogP contribution in [0.1, 0.15) is 5.56 Å². The second-order valence-electron chi connectivity index (χ2n) is 15.4. The molecule has 0 radical (unpaired) electrons. The molecule has 292 valence electrons. The van der Waals surface area contributed by atoms with Crippen molar-refractivity contribution in [1.29, 1.82) is 5.26 Å². The van der Waals surface area contributed by atoms with Crippen LogP contribution in [0.2, 0.25) is 0 Å². The molecule has 0 saturated carbocycles. The Morgan fingerprint density at radius 3 is 1.68 bits per heavy atom. The van der Waals surface area contributed by atoms with Crippen molar-refractivity contribution in [3.63, 3.8) is 0 Å². The van der Waals surface area contributed by atoms with Crippen LogP contribution in [-0.4, -0.2) is 0 Å². The fourth-order valence-corrected chi connectivity index (χ4v) is 8.83. The molecule has 1 aliphatic heterocycles. The van der Waals surface area contributed by atoms with Gasteiger partial charge in [0, 0.05) is 51.0 Å². The highest BCUT2D eigenvalue weighted by atomic mass is 19.1. The number of ether oxygens (including phenoxy) is 1. The van der Waals surface area contributed by atoms with E-state index in [2.05, 4.69) is 114 Å². The second kappa shape index (κ2) is 15.3. The average Bonchev–Trinajstić information content (AvgIpc) is 3.33. The Morgan fingerprint density at radius 2 is 1.00 bits per heavy atom. The van der Waals surface area contributed by atoms with E-state index < -0.39 is 0 Å². The number of benzene rings is 10. The van der Waals surface area contributed by atoms with E-state index in [0.29, 0.717) is 11.3 Å². The number of fused-ring (bicyclic) bond motifs is 4. The van der Waals surface area contributed by atoms with Crippen LogP contribution in [0.25, 0.3) is 54.9 Å². The van der Waals surface area contributed by atoms with Crippen molar-refractivity contribution in [1.82, 2.24) is 0 Å². The normalized spacial score (nSPS) is 11.4. The highest BCUT2D eigenvalue weighted by molar-refractivity contribution is 6.18. The lowest BCUT2D eigenvalue weighted by molar-refractivity contribution is 0.487. The van der Waals surface area contributed by atoms with E-state index in [0.717, 1.165) is 94.9 Å². The average molecular weight is 798 g/mol. The summed E-state index contributed by atoms with van der Waals surface area (Å²) >= 11 is 0. The number of halogens is 1. The molecule has 0 aromatic heterocycles. The van der Waals surface area contributed by atoms with Crippen LogP contribution in [0.5, 0.6) is 11.5 Å². The van der Waals surface area contributed by atoms with Gasteiger partial charge in [0.15, 0.2) is 0 Å². The minimum atomic E-state index is -0.367. The van der Waals surface area contributed by atoms with Crippen molar-refractivity contribution in [2.45, 2.75) is 0 Å². The van der Waals surface area contributed by atoms with Gasteiger partial charge in [-0.15, -0.1) is 0 Å². The molecule has 1 heterocycles. The highest BCUT2D eigenvalue weighted by Gasteiger charge is 2.26. The Kier molecular flexibility index (Phi) is 9.03. The molecule has 0 atom stereocenters. The molecule has 4 nitrogen and oxygen atoms in total. The molecule has 0 amide bonds. The van der Waals surface area contributed by atoms with Gasteiger partial charge in [-0.1, -0.05) is 115 Å². The molecule has 1 aliphatic rings. The van der Waals surface area contributed by atoms with Gasteiger partial charge in [0.25, 0.3) is 0 Å². The van der Waals surface area contributed by atoms with Crippen LogP contribution in [0.4, 0.5) is 38.5 Å². The van der Waals surface area contributed by atoms with Crippen molar-refractivity contribution in [2.24, 2.45) is 0 Å². The zero-order chi connectivity index (χ0) is 41.6. The molecule has 10 aromatic carbocycles. The third kappa shape index (κ3) is 6.39. The first-order chi connectivity index (χ1) is 30.6. The number of para-hydroxylation sites is 2. The van der Waals surface area contributed by atoms with E-state index in [4.69, 9.17) is 4.74 Å². The van der Waals surface area contributed by atoms with Crippen LogP contribution in [-0.2, 0) is 0 Å². The lowest BCUT2D eigenvalue weighted by Crippen LogP contribution is -2.13. The maximum atomic E-state index is 17.3. The summed E-state index contributed by atoms with van der Waals surface area (Å²) in [6.45, 7) is 0. The zero-order valence-corrected chi connectivity index (χ0v) is 33.4. The van der Waals surface area contributed by atoms with Crippen LogP contribution < -0.4 is 14.5 Å². The van der Waals surface area contributed by atoms with Crippen molar-refractivity contribution < 1.29 is 9.13 Å². The standard InChI is InChI=1S/C57H36FN3O/c58-53-34-42(39-14-5-1-6-15-39)33-51(40-16-7-2-8-17-40)57(53)61(45-27-24-38(37-59)25-28-45)46-29-26-41-32-52-48-31-30-47(60(43-18-9-3-10-19-43)44-20-11-4-12-21-44)36-55(48)62-54-23-13-22-49(56(52)54)50(41)35-46/h1-36H. The van der Waals surface area contributed by atoms with Crippen molar-refractivity contribution in [3.05, 3.63) is 230 Å². The number of nitriles is 1. The zero-order valence-electron chi connectivity index (χ0n) is 33.4. The van der Waals surface area contributed by atoms with Gasteiger partial charge in [-0.25, -0.2) is 4.39 Å². The number of nitrogens with zero attached hydrogens (tertiary/aromatic N) is 3. The summed E-state index contributed by atoms with van der Waals surface area (Å²) in [5.41, 5.74) is 11.0. The van der Waals surface area contributed by atoms with Gasteiger partial charge in [0.2, 0.25) is 0 Å². The lowest BCUT2D eigenvalue weighted by atomic mass is 9.90. The summed E-state index contributed by atoms with van der Waals surface area (Å²) in [6.07, 6.45) is 0. The molecular weight excluding hydrogens is 762 g/mol. The quantitative estimate of drug-likeness (QED) is 0.144. The van der Waals surface area contributed by atoms with Gasteiger partial charge in [-0.3, -0.25) is 0 Å². The summed E-state index contributed by atoms with van der Waals surface area (Å²) in [5, 5.41) is 13.8. The minimum absolute atomic E-state index is 0.367. The van der Waals surface area contributed by atoms with E-state index in [-0.39, 0.29) is 5.82 Å². The second-order valence-corrected chi connectivity index (χ2v) is 15.4. The molecule has 0 saturated heterocycles. The molecule has 62 heavy (non-hydrogen) atoms. The predicted octanol–water partition coefficient (Wildman–Crippen LogP) is 16.1. The van der Waals surface area contributed by atoms with Gasteiger partial charge < -0.3 is 14.5 Å². The van der Waals surface area contributed by atoms with Crippen molar-refractivity contribution in [3.8, 4) is 50.9 Å². The number of rotatable bonds is 8. The molecular formula is C57H36FN3O. The van der Waals surface area contributed by atoms with Gasteiger partial charge in [0.05, 0.1) is 17.3 Å². The molecule has 11 rings (SSSR count). The summed E-state index contributed by atoms with van der Waals surface area (Å²) in [4.78, 5) is 4.21. The van der Waals surface area contributed by atoms with E-state index in [1.54, 1.807) is 18.2 Å². The summed E-state index contributed by atoms with van der Waals surface area (Å²) in [5.74, 6) is 1.19. The maximum absolute atomic E-state index is 17.3. The van der Waals surface area contributed by atoms with Crippen LogP contribution in [0.15, 0.2) is 218 Å². The lowest BCUT2D eigenvalue weighted by Gasteiger charge is -2.30. The van der Waals surface area contributed by atoms with E-state index in [9.17, 15) is 5.26 Å². The first kappa shape index (κ1) is 36.6. The van der Waals surface area contributed by atoms with Crippen LogP contribution in [0.3, 0.4) is 0 Å². The minimum Gasteiger partial charge on any atom is -0.456 e. The molecule has 0 N–H and O–H groups in total. The molecule has 0 spiro atoms. The summed E-state index contributed by atoms with van der Waals surface area (Å²) in [7, 11) is 0. The molecule has 0 unspecified atom stereocenters. The molecule has 5 heteroatoms. The SMILES string of the molecule is N#Cc1ccc(N(c2ccc3cc4c5c(cccc5c3c2)Oc2cc(N(c3ccccc3)c3ccccc3)ccc2-4)c2c(F)cc(-c3ccccc3)cc2-c2ccccc2)cc1. The predicted molar refractivity (Wildman–Crippen MR) is 252 cm³/mol. The Bertz CT molecular complexity index is 3290. The molecule has 0 fully saturated rings. The Balaban J connectivity index is 1.09.